The predicted octanol–water partition coefficient (Wildman–Crippen LogP) is 1.17. The number of rotatable bonds is 4. The van der Waals surface area contributed by atoms with E-state index in [1.165, 1.54) is 18.7 Å². The minimum absolute atomic E-state index is 0.343. The summed E-state index contributed by atoms with van der Waals surface area (Å²) in [6.45, 7) is 0. The quantitative estimate of drug-likeness (QED) is 0.785. The number of carbonyl (C=O) groups excluding carboxylic acids is 1. The van der Waals surface area contributed by atoms with Crippen LogP contribution in [0.4, 0.5) is 0 Å². The molecule has 1 amide bonds. The number of amides is 1. The van der Waals surface area contributed by atoms with Gasteiger partial charge in [0.25, 0.3) is 5.91 Å². The van der Waals surface area contributed by atoms with Crippen LogP contribution in [0.2, 0.25) is 0 Å². The second-order valence-corrected chi connectivity index (χ2v) is 3.41. The molecule has 0 fully saturated rings. The lowest BCUT2D eigenvalue weighted by atomic mass is 10.2. The van der Waals surface area contributed by atoms with Crippen LogP contribution in [0.5, 0.6) is 0 Å². The summed E-state index contributed by atoms with van der Waals surface area (Å²) in [5.74, 6) is 0.0942. The zero-order valence-corrected chi connectivity index (χ0v) is 9.33. The van der Waals surface area contributed by atoms with Gasteiger partial charge in [0.1, 0.15) is 5.76 Å². The lowest BCUT2D eigenvalue weighted by Crippen LogP contribution is -2.39. The highest BCUT2D eigenvalue weighted by atomic mass is 16.3. The molecule has 0 saturated heterocycles. The number of hydrogen-bond acceptors (Lipinski definition) is 5. The maximum absolute atomic E-state index is 11.7. The van der Waals surface area contributed by atoms with Crippen molar-refractivity contribution in [2.75, 3.05) is 0 Å². The molecule has 2 rings (SSSR count). The second-order valence-electron chi connectivity index (χ2n) is 3.41. The van der Waals surface area contributed by atoms with E-state index in [1.807, 2.05) is 6.07 Å². The Labute approximate surface area is 103 Å². The molecule has 0 aliphatic rings. The zero-order valence-electron chi connectivity index (χ0n) is 9.33. The molecule has 6 nitrogen and oxygen atoms in total. The first-order valence-electron chi connectivity index (χ1n) is 5.20. The first-order valence-corrected chi connectivity index (χ1v) is 5.20. The number of pyridine rings is 1. The number of hydrazine groups is 1. The fourth-order valence-electron chi connectivity index (χ4n) is 1.34. The van der Waals surface area contributed by atoms with Crippen molar-refractivity contribution < 1.29 is 9.21 Å². The van der Waals surface area contributed by atoms with Gasteiger partial charge >= 0.3 is 0 Å². The third-order valence-electron chi connectivity index (χ3n) is 2.23. The Balaban J connectivity index is 1.96. The third-order valence-corrected chi connectivity index (χ3v) is 2.23. The van der Waals surface area contributed by atoms with Crippen molar-refractivity contribution >= 4 is 5.91 Å². The first-order chi connectivity index (χ1) is 8.81. The van der Waals surface area contributed by atoms with E-state index in [0.717, 1.165) is 0 Å². The minimum atomic E-state index is -0.731. The van der Waals surface area contributed by atoms with Gasteiger partial charge in [-0.15, -0.1) is 0 Å². The summed E-state index contributed by atoms with van der Waals surface area (Å²) in [5.41, 5.74) is 5.49. The van der Waals surface area contributed by atoms with Crippen molar-refractivity contribution in [1.29, 1.82) is 5.26 Å². The monoisotopic (exact) mass is 242 g/mol. The smallest absolute Gasteiger partial charge is 0.265 e. The van der Waals surface area contributed by atoms with Gasteiger partial charge in [0, 0.05) is 18.0 Å². The predicted molar refractivity (Wildman–Crippen MR) is 61.9 cm³/mol. The molecule has 0 aliphatic carbocycles. The SMILES string of the molecule is N#CC(NNC(=O)c1ccncc1)c1ccco1. The highest BCUT2D eigenvalue weighted by Crippen LogP contribution is 2.11. The molecule has 6 heteroatoms. The number of furan rings is 1. The van der Waals surface area contributed by atoms with E-state index in [9.17, 15) is 4.79 Å². The molecular weight excluding hydrogens is 232 g/mol. The standard InChI is InChI=1S/C12H10N4O2/c13-8-10(11-2-1-7-18-11)15-16-12(17)9-3-5-14-6-4-9/h1-7,10,15H,(H,16,17). The van der Waals surface area contributed by atoms with Gasteiger partial charge < -0.3 is 4.42 Å². The summed E-state index contributed by atoms with van der Waals surface area (Å²) >= 11 is 0. The maximum atomic E-state index is 11.7. The van der Waals surface area contributed by atoms with Crippen LogP contribution >= 0.6 is 0 Å². The lowest BCUT2D eigenvalue weighted by molar-refractivity contribution is 0.0927. The molecule has 0 saturated carbocycles. The number of nitriles is 1. The Kier molecular flexibility index (Phi) is 3.69. The van der Waals surface area contributed by atoms with Crippen LogP contribution in [0.3, 0.4) is 0 Å². The van der Waals surface area contributed by atoms with Crippen LogP contribution in [0.1, 0.15) is 22.2 Å². The maximum Gasteiger partial charge on any atom is 0.265 e. The molecule has 18 heavy (non-hydrogen) atoms. The fraction of sp³-hybridized carbons (Fsp3) is 0.0833. The van der Waals surface area contributed by atoms with Crippen LogP contribution < -0.4 is 10.9 Å². The van der Waals surface area contributed by atoms with Crippen LogP contribution in [0.15, 0.2) is 47.3 Å². The molecular formula is C12H10N4O2. The molecule has 1 unspecified atom stereocenters. The summed E-state index contributed by atoms with van der Waals surface area (Å²) in [5, 5.41) is 8.95. The van der Waals surface area contributed by atoms with Crippen LogP contribution in [-0.2, 0) is 0 Å². The highest BCUT2D eigenvalue weighted by Gasteiger charge is 2.14. The number of hydrogen-bond donors (Lipinski definition) is 2. The Bertz CT molecular complexity index is 545. The Morgan fingerprint density at radius 1 is 1.39 bits per heavy atom. The van der Waals surface area contributed by atoms with Gasteiger partial charge in [-0.2, -0.15) is 5.26 Å². The third kappa shape index (κ3) is 2.72. The van der Waals surface area contributed by atoms with Crippen molar-refractivity contribution in [1.82, 2.24) is 15.8 Å². The van der Waals surface area contributed by atoms with Gasteiger partial charge in [-0.1, -0.05) is 0 Å². The van der Waals surface area contributed by atoms with E-state index >= 15 is 0 Å². The van der Waals surface area contributed by atoms with Crippen molar-refractivity contribution in [3.63, 3.8) is 0 Å². The van der Waals surface area contributed by atoms with Gasteiger partial charge in [0.15, 0.2) is 6.04 Å². The molecule has 0 bridgehead atoms. The van der Waals surface area contributed by atoms with E-state index < -0.39 is 6.04 Å². The number of aromatic nitrogens is 1. The largest absolute Gasteiger partial charge is 0.466 e. The zero-order chi connectivity index (χ0) is 12.8. The molecule has 1 atom stereocenters. The van der Waals surface area contributed by atoms with E-state index in [0.29, 0.717) is 11.3 Å². The first kappa shape index (κ1) is 11.8. The molecule has 2 heterocycles. The summed E-state index contributed by atoms with van der Waals surface area (Å²) < 4.78 is 5.08. The van der Waals surface area contributed by atoms with Gasteiger partial charge in [-0.3, -0.25) is 15.2 Å². The van der Waals surface area contributed by atoms with Crippen LogP contribution in [0, 0.1) is 11.3 Å². The van der Waals surface area contributed by atoms with Crippen LogP contribution in [-0.4, -0.2) is 10.9 Å². The highest BCUT2D eigenvalue weighted by molar-refractivity contribution is 5.93. The topological polar surface area (TPSA) is 91.0 Å². The average Bonchev–Trinajstić information content (AvgIpc) is 2.94. The van der Waals surface area contributed by atoms with Crippen molar-refractivity contribution in [2.45, 2.75) is 6.04 Å². The molecule has 90 valence electrons. The van der Waals surface area contributed by atoms with Crippen molar-refractivity contribution in [3.05, 3.63) is 54.2 Å². The molecule has 0 spiro atoms. The molecule has 0 aliphatic heterocycles. The Morgan fingerprint density at radius 3 is 2.78 bits per heavy atom. The van der Waals surface area contributed by atoms with Gasteiger partial charge in [0.2, 0.25) is 0 Å². The molecule has 2 aromatic rings. The van der Waals surface area contributed by atoms with E-state index in [-0.39, 0.29) is 5.91 Å². The molecule has 0 aromatic carbocycles. The van der Waals surface area contributed by atoms with Crippen molar-refractivity contribution in [3.8, 4) is 6.07 Å². The number of carbonyl (C=O) groups is 1. The average molecular weight is 242 g/mol. The van der Waals surface area contributed by atoms with E-state index in [4.69, 9.17) is 9.68 Å². The Hall–Kier alpha value is -2.65. The summed E-state index contributed by atoms with van der Waals surface area (Å²) in [4.78, 5) is 15.5. The second kappa shape index (κ2) is 5.61. The lowest BCUT2D eigenvalue weighted by Gasteiger charge is -2.10. The fourth-order valence-corrected chi connectivity index (χ4v) is 1.34. The summed E-state index contributed by atoms with van der Waals surface area (Å²) in [6.07, 6.45) is 4.50. The Morgan fingerprint density at radius 2 is 2.17 bits per heavy atom. The summed E-state index contributed by atoms with van der Waals surface area (Å²) in [6, 6.07) is 7.72. The number of nitrogens with zero attached hydrogens (tertiary/aromatic N) is 2. The normalized spacial score (nSPS) is 11.5. The molecule has 2 N–H and O–H groups in total. The van der Waals surface area contributed by atoms with E-state index in [2.05, 4.69) is 15.8 Å². The van der Waals surface area contributed by atoms with Gasteiger partial charge in [-0.25, -0.2) is 5.43 Å². The van der Waals surface area contributed by atoms with Crippen molar-refractivity contribution in [2.24, 2.45) is 0 Å². The van der Waals surface area contributed by atoms with Gasteiger partial charge in [-0.05, 0) is 24.3 Å². The molecule has 0 radical (unpaired) electrons. The summed E-state index contributed by atoms with van der Waals surface area (Å²) in [7, 11) is 0. The van der Waals surface area contributed by atoms with E-state index in [1.54, 1.807) is 24.3 Å². The van der Waals surface area contributed by atoms with Crippen LogP contribution in [0.25, 0.3) is 0 Å². The molecule has 2 aromatic heterocycles. The van der Waals surface area contributed by atoms with Gasteiger partial charge in [0.05, 0.1) is 12.3 Å². The minimum Gasteiger partial charge on any atom is -0.466 e. The number of nitrogens with one attached hydrogen (secondary N) is 2.